The summed E-state index contributed by atoms with van der Waals surface area (Å²) in [6, 6.07) is 0. The minimum atomic E-state index is 0.0842. The number of nitrogens with one attached hydrogen (secondary N) is 2. The fourth-order valence-electron chi connectivity index (χ4n) is 2.84. The van der Waals surface area contributed by atoms with Gasteiger partial charge in [0.05, 0.1) is 38.9 Å². The lowest BCUT2D eigenvalue weighted by molar-refractivity contribution is -0.880. The first-order valence-corrected chi connectivity index (χ1v) is 6.92. The van der Waals surface area contributed by atoms with Gasteiger partial charge in [-0.25, -0.2) is 4.98 Å². The number of quaternary nitrogens is 1. The van der Waals surface area contributed by atoms with Crippen LogP contribution in [0.1, 0.15) is 24.1 Å². The molecule has 1 aromatic rings. The van der Waals surface area contributed by atoms with E-state index in [0.29, 0.717) is 0 Å². The van der Waals surface area contributed by atoms with Gasteiger partial charge in [-0.15, -0.1) is 0 Å². The average molecular weight is 249 g/mol. The summed E-state index contributed by atoms with van der Waals surface area (Å²) >= 11 is 0. The molecule has 1 aliphatic carbocycles. The second-order valence-corrected chi connectivity index (χ2v) is 5.47. The number of likely N-dealkylation sites (N-methyl/N-ethyl adjacent to an activating group) is 1. The first-order chi connectivity index (χ1) is 8.74. The lowest BCUT2D eigenvalue weighted by atomic mass is 9.97. The molecular formula is C13H21N4O+. The van der Waals surface area contributed by atoms with Crippen LogP contribution in [0.3, 0.4) is 0 Å². The number of piperazine rings is 1. The van der Waals surface area contributed by atoms with E-state index in [2.05, 4.69) is 21.9 Å². The maximum atomic E-state index is 12.1. The summed E-state index contributed by atoms with van der Waals surface area (Å²) < 4.78 is 0. The summed E-state index contributed by atoms with van der Waals surface area (Å²) in [4.78, 5) is 23.5. The second kappa shape index (κ2) is 4.72. The van der Waals surface area contributed by atoms with Crippen LogP contribution in [0.4, 0.5) is 5.95 Å². The maximum Gasteiger partial charge on any atom is 0.255 e. The zero-order valence-corrected chi connectivity index (χ0v) is 11.0. The molecule has 5 heteroatoms. The lowest BCUT2D eigenvalue weighted by Crippen LogP contribution is -3.12. The van der Waals surface area contributed by atoms with E-state index in [9.17, 15) is 4.79 Å². The molecule has 3 rings (SSSR count). The Kier molecular flexibility index (Phi) is 3.07. The van der Waals surface area contributed by atoms with Crippen molar-refractivity contribution in [2.24, 2.45) is 0 Å². The minimum absolute atomic E-state index is 0.0842. The van der Waals surface area contributed by atoms with Crippen molar-refractivity contribution in [3.63, 3.8) is 0 Å². The summed E-state index contributed by atoms with van der Waals surface area (Å²) in [6.45, 7) is 4.18. The third-order valence-corrected chi connectivity index (χ3v) is 4.10. The molecule has 0 amide bonds. The molecule has 5 nitrogen and oxygen atoms in total. The second-order valence-electron chi connectivity index (χ2n) is 5.47. The van der Waals surface area contributed by atoms with Crippen LogP contribution in [0.15, 0.2) is 4.79 Å². The first kappa shape index (κ1) is 11.7. The molecule has 2 N–H and O–H groups in total. The summed E-state index contributed by atoms with van der Waals surface area (Å²) in [5.74, 6) is 0.785. The van der Waals surface area contributed by atoms with E-state index < -0.39 is 0 Å². The van der Waals surface area contributed by atoms with Crippen molar-refractivity contribution in [2.45, 2.75) is 25.7 Å². The van der Waals surface area contributed by atoms with Crippen LogP contribution in [-0.2, 0) is 12.8 Å². The molecule has 1 fully saturated rings. The summed E-state index contributed by atoms with van der Waals surface area (Å²) in [7, 11) is 2.21. The van der Waals surface area contributed by atoms with Crippen molar-refractivity contribution < 1.29 is 4.90 Å². The van der Waals surface area contributed by atoms with Gasteiger partial charge in [0.15, 0.2) is 0 Å². The molecular weight excluding hydrogens is 228 g/mol. The van der Waals surface area contributed by atoms with Crippen LogP contribution in [0.25, 0.3) is 0 Å². The Morgan fingerprint density at radius 2 is 1.94 bits per heavy atom. The highest BCUT2D eigenvalue weighted by Crippen LogP contribution is 2.17. The van der Waals surface area contributed by atoms with Crippen LogP contribution in [0.5, 0.6) is 0 Å². The van der Waals surface area contributed by atoms with Crippen LogP contribution in [0, 0.1) is 0 Å². The monoisotopic (exact) mass is 249 g/mol. The van der Waals surface area contributed by atoms with Gasteiger partial charge < -0.3 is 9.80 Å². The Morgan fingerprint density at radius 3 is 2.72 bits per heavy atom. The highest BCUT2D eigenvalue weighted by molar-refractivity contribution is 5.34. The minimum Gasteiger partial charge on any atom is -0.334 e. The summed E-state index contributed by atoms with van der Waals surface area (Å²) in [5, 5.41) is 0. The predicted octanol–water partition coefficient (Wildman–Crippen LogP) is -1.02. The summed E-state index contributed by atoms with van der Waals surface area (Å²) in [6.07, 6.45) is 4.14. The third kappa shape index (κ3) is 2.14. The molecule has 0 bridgehead atoms. The Morgan fingerprint density at radius 1 is 1.22 bits per heavy atom. The molecule has 0 atom stereocenters. The van der Waals surface area contributed by atoms with Gasteiger partial charge in [-0.2, -0.15) is 0 Å². The first-order valence-electron chi connectivity index (χ1n) is 6.92. The number of aromatic nitrogens is 2. The molecule has 2 aliphatic rings. The van der Waals surface area contributed by atoms with Gasteiger partial charge in [0, 0.05) is 5.56 Å². The number of aromatic amines is 1. The van der Waals surface area contributed by atoms with E-state index in [1.165, 1.54) is 0 Å². The van der Waals surface area contributed by atoms with E-state index in [1.807, 2.05) is 0 Å². The molecule has 0 spiro atoms. The fraction of sp³-hybridized carbons (Fsp3) is 0.692. The van der Waals surface area contributed by atoms with E-state index in [-0.39, 0.29) is 5.56 Å². The van der Waals surface area contributed by atoms with Crippen molar-refractivity contribution in [1.82, 2.24) is 9.97 Å². The average Bonchev–Trinajstić information content (AvgIpc) is 2.39. The zero-order valence-electron chi connectivity index (χ0n) is 11.0. The van der Waals surface area contributed by atoms with Crippen molar-refractivity contribution in [3.05, 3.63) is 21.6 Å². The van der Waals surface area contributed by atoms with Gasteiger partial charge in [-0.1, -0.05) is 0 Å². The smallest absolute Gasteiger partial charge is 0.255 e. The Labute approximate surface area is 107 Å². The van der Waals surface area contributed by atoms with E-state index >= 15 is 0 Å². The highest BCUT2D eigenvalue weighted by Gasteiger charge is 2.21. The van der Waals surface area contributed by atoms with Gasteiger partial charge in [0.1, 0.15) is 0 Å². The molecule has 0 saturated carbocycles. The van der Waals surface area contributed by atoms with Gasteiger partial charge in [-0.05, 0) is 25.7 Å². The maximum absolute atomic E-state index is 12.1. The van der Waals surface area contributed by atoms with E-state index in [4.69, 9.17) is 0 Å². The molecule has 18 heavy (non-hydrogen) atoms. The van der Waals surface area contributed by atoms with Crippen molar-refractivity contribution in [1.29, 1.82) is 0 Å². The largest absolute Gasteiger partial charge is 0.334 e. The van der Waals surface area contributed by atoms with Gasteiger partial charge >= 0.3 is 0 Å². The molecule has 0 unspecified atom stereocenters. The molecule has 0 radical (unpaired) electrons. The summed E-state index contributed by atoms with van der Waals surface area (Å²) in [5.41, 5.74) is 2.04. The number of hydrogen-bond donors (Lipinski definition) is 2. The molecule has 1 aromatic heterocycles. The highest BCUT2D eigenvalue weighted by atomic mass is 16.1. The van der Waals surface area contributed by atoms with E-state index in [0.717, 1.165) is 69.1 Å². The number of fused-ring (bicyclic) bond motifs is 1. The third-order valence-electron chi connectivity index (χ3n) is 4.10. The normalized spacial score (nSPS) is 20.8. The van der Waals surface area contributed by atoms with Gasteiger partial charge in [-0.3, -0.25) is 9.78 Å². The molecule has 1 aliphatic heterocycles. The standard InChI is InChI=1S/C13H20N4O/c1-16-6-8-17(9-7-16)13-14-11-5-3-2-4-10(11)12(18)15-13/h2-9H2,1H3,(H,14,15,18)/p+1. The topological polar surface area (TPSA) is 53.4 Å². The van der Waals surface area contributed by atoms with Crippen LogP contribution < -0.4 is 15.4 Å². The molecule has 1 saturated heterocycles. The number of nitrogens with zero attached hydrogens (tertiary/aromatic N) is 2. The molecule has 98 valence electrons. The Balaban J connectivity index is 1.89. The number of rotatable bonds is 1. The number of anilines is 1. The quantitative estimate of drug-likeness (QED) is 0.670. The molecule has 0 aromatic carbocycles. The van der Waals surface area contributed by atoms with Gasteiger partial charge in [0.25, 0.3) is 5.56 Å². The van der Waals surface area contributed by atoms with Crippen LogP contribution >= 0.6 is 0 Å². The number of H-pyrrole nitrogens is 1. The lowest BCUT2D eigenvalue weighted by Gasteiger charge is -2.31. The van der Waals surface area contributed by atoms with Crippen molar-refractivity contribution in [3.8, 4) is 0 Å². The number of hydrogen-bond acceptors (Lipinski definition) is 3. The predicted molar refractivity (Wildman–Crippen MR) is 70.3 cm³/mol. The van der Waals surface area contributed by atoms with Gasteiger partial charge in [0.2, 0.25) is 5.95 Å². The van der Waals surface area contributed by atoms with Crippen molar-refractivity contribution >= 4 is 5.95 Å². The number of aryl methyl sites for hydroxylation is 1. The Hall–Kier alpha value is -1.36. The van der Waals surface area contributed by atoms with Crippen LogP contribution in [0.2, 0.25) is 0 Å². The fourth-order valence-corrected chi connectivity index (χ4v) is 2.84. The van der Waals surface area contributed by atoms with Crippen molar-refractivity contribution in [2.75, 3.05) is 38.1 Å². The Bertz CT molecular complexity index is 488. The van der Waals surface area contributed by atoms with E-state index in [1.54, 1.807) is 4.90 Å². The zero-order chi connectivity index (χ0) is 12.5. The molecule has 2 heterocycles. The SMILES string of the molecule is C[NH+]1CCN(c2nc3c(c(=O)[nH]2)CCCC3)CC1. The van der Waals surface area contributed by atoms with Crippen LogP contribution in [-0.4, -0.2) is 43.2 Å².